The number of hydrogen-bond acceptors (Lipinski definition) is 4. The predicted octanol–water partition coefficient (Wildman–Crippen LogP) is 3.76. The molecule has 0 aliphatic carbocycles. The molecule has 1 aromatic carbocycles. The van der Waals surface area contributed by atoms with Crippen LogP contribution in [0, 0.1) is 0 Å². The summed E-state index contributed by atoms with van der Waals surface area (Å²) in [5, 5.41) is 5.66. The predicted molar refractivity (Wildman–Crippen MR) is 98.6 cm³/mol. The molecular weight excluding hydrogens is 330 g/mol. The minimum atomic E-state index is -0.241. The fraction of sp³-hybridized carbons (Fsp3) is 0.200. The molecule has 2 heterocycles. The Balaban J connectivity index is 1.41. The average molecular weight is 351 g/mol. The van der Waals surface area contributed by atoms with E-state index < -0.39 is 0 Å². The highest BCUT2D eigenvalue weighted by atomic mass is 16.5. The number of amides is 2. The third-order valence-electron chi connectivity index (χ3n) is 3.67. The summed E-state index contributed by atoms with van der Waals surface area (Å²) in [7, 11) is 0. The fourth-order valence-corrected chi connectivity index (χ4v) is 2.43. The lowest BCUT2D eigenvalue weighted by Gasteiger charge is -2.09. The van der Waals surface area contributed by atoms with Gasteiger partial charge in [-0.15, -0.1) is 0 Å². The molecule has 0 saturated heterocycles. The van der Waals surface area contributed by atoms with Crippen molar-refractivity contribution < 1.29 is 13.9 Å². The molecule has 0 saturated carbocycles. The summed E-state index contributed by atoms with van der Waals surface area (Å²) in [5.74, 6) is 0.784. The maximum absolute atomic E-state index is 12.0. The standard InChI is InChI=1S/C20H21N3O3/c24-20(22-11-9-17-6-1-2-10-21-17)23-18-7-3-5-16(13-18)14-25-15-19-8-4-12-26-19/h1-8,10,12-13H,9,11,14-15H2,(H2,22,23,24). The number of aromatic nitrogens is 1. The topological polar surface area (TPSA) is 76.4 Å². The molecule has 0 spiro atoms. The van der Waals surface area contributed by atoms with Crippen LogP contribution in [0.5, 0.6) is 0 Å². The van der Waals surface area contributed by atoms with Gasteiger partial charge in [0.2, 0.25) is 0 Å². The Morgan fingerprint density at radius 3 is 2.85 bits per heavy atom. The Kier molecular flexibility index (Phi) is 6.39. The summed E-state index contributed by atoms with van der Waals surface area (Å²) in [6, 6.07) is 16.8. The van der Waals surface area contributed by atoms with Gasteiger partial charge >= 0.3 is 6.03 Å². The molecule has 26 heavy (non-hydrogen) atoms. The molecule has 0 atom stereocenters. The highest BCUT2D eigenvalue weighted by Gasteiger charge is 2.03. The van der Waals surface area contributed by atoms with Crippen molar-refractivity contribution in [2.24, 2.45) is 0 Å². The Morgan fingerprint density at radius 2 is 2.04 bits per heavy atom. The Labute approximate surface area is 152 Å². The van der Waals surface area contributed by atoms with E-state index in [4.69, 9.17) is 9.15 Å². The van der Waals surface area contributed by atoms with Crippen molar-refractivity contribution in [3.8, 4) is 0 Å². The monoisotopic (exact) mass is 351 g/mol. The number of carbonyl (C=O) groups excluding carboxylic acids is 1. The summed E-state index contributed by atoms with van der Waals surface area (Å²) in [6.07, 6.45) is 4.06. The number of nitrogens with one attached hydrogen (secondary N) is 2. The molecule has 3 rings (SSSR count). The van der Waals surface area contributed by atoms with Crippen molar-refractivity contribution in [1.82, 2.24) is 10.3 Å². The molecule has 6 heteroatoms. The summed E-state index contributed by atoms with van der Waals surface area (Å²) >= 11 is 0. The molecular formula is C20H21N3O3. The molecule has 6 nitrogen and oxygen atoms in total. The molecule has 0 radical (unpaired) electrons. The second kappa shape index (κ2) is 9.39. The van der Waals surface area contributed by atoms with E-state index in [9.17, 15) is 4.79 Å². The van der Waals surface area contributed by atoms with Gasteiger partial charge < -0.3 is 19.8 Å². The van der Waals surface area contributed by atoms with Crippen LogP contribution >= 0.6 is 0 Å². The number of furan rings is 1. The average Bonchev–Trinajstić information content (AvgIpc) is 3.16. The minimum Gasteiger partial charge on any atom is -0.467 e. The third-order valence-corrected chi connectivity index (χ3v) is 3.67. The van der Waals surface area contributed by atoms with Crippen LogP contribution in [0.15, 0.2) is 71.5 Å². The molecule has 2 aromatic heterocycles. The SMILES string of the molecule is O=C(NCCc1ccccn1)Nc1cccc(COCc2ccco2)c1. The summed E-state index contributed by atoms with van der Waals surface area (Å²) < 4.78 is 10.8. The molecule has 2 amide bonds. The summed E-state index contributed by atoms with van der Waals surface area (Å²) in [5.41, 5.74) is 2.64. The zero-order valence-corrected chi connectivity index (χ0v) is 14.4. The number of hydrogen-bond donors (Lipinski definition) is 2. The highest BCUT2D eigenvalue weighted by molar-refractivity contribution is 5.89. The Morgan fingerprint density at radius 1 is 1.08 bits per heavy atom. The fourth-order valence-electron chi connectivity index (χ4n) is 2.43. The van der Waals surface area contributed by atoms with E-state index in [0.717, 1.165) is 22.7 Å². The van der Waals surface area contributed by atoms with Gasteiger partial charge in [-0.3, -0.25) is 4.98 Å². The number of benzene rings is 1. The van der Waals surface area contributed by atoms with Crippen LogP contribution in [-0.4, -0.2) is 17.6 Å². The number of rotatable bonds is 8. The number of anilines is 1. The van der Waals surface area contributed by atoms with Crippen LogP contribution in [0.1, 0.15) is 17.0 Å². The number of urea groups is 1. The molecule has 3 aromatic rings. The van der Waals surface area contributed by atoms with Crippen molar-refractivity contribution in [2.45, 2.75) is 19.6 Å². The maximum Gasteiger partial charge on any atom is 0.319 e. The van der Waals surface area contributed by atoms with Crippen LogP contribution in [0.4, 0.5) is 10.5 Å². The largest absolute Gasteiger partial charge is 0.467 e. The summed E-state index contributed by atoms with van der Waals surface area (Å²) in [4.78, 5) is 16.2. The summed E-state index contributed by atoms with van der Waals surface area (Å²) in [6.45, 7) is 1.38. The maximum atomic E-state index is 12.0. The van der Waals surface area contributed by atoms with Crippen molar-refractivity contribution in [2.75, 3.05) is 11.9 Å². The molecule has 0 aliphatic rings. The molecule has 134 valence electrons. The molecule has 0 unspecified atom stereocenters. The van der Waals surface area contributed by atoms with Crippen LogP contribution in [0.25, 0.3) is 0 Å². The van der Waals surface area contributed by atoms with Gasteiger partial charge in [0.1, 0.15) is 12.4 Å². The van der Waals surface area contributed by atoms with Gasteiger partial charge in [-0.05, 0) is 42.0 Å². The number of ether oxygens (including phenoxy) is 1. The van der Waals surface area contributed by atoms with Crippen molar-refractivity contribution in [1.29, 1.82) is 0 Å². The first kappa shape index (κ1) is 17.7. The smallest absolute Gasteiger partial charge is 0.319 e. The van der Waals surface area contributed by atoms with Gasteiger partial charge in [-0.1, -0.05) is 18.2 Å². The normalized spacial score (nSPS) is 10.5. The first-order valence-electron chi connectivity index (χ1n) is 8.43. The lowest BCUT2D eigenvalue weighted by Crippen LogP contribution is -2.30. The van der Waals surface area contributed by atoms with Gasteiger partial charge in [0, 0.05) is 30.5 Å². The minimum absolute atomic E-state index is 0.241. The zero-order chi connectivity index (χ0) is 18.0. The number of carbonyl (C=O) groups is 1. The van der Waals surface area contributed by atoms with Crippen molar-refractivity contribution in [3.05, 3.63) is 84.1 Å². The van der Waals surface area contributed by atoms with E-state index in [1.807, 2.05) is 54.6 Å². The molecule has 0 bridgehead atoms. The van der Waals surface area contributed by atoms with E-state index >= 15 is 0 Å². The van der Waals surface area contributed by atoms with E-state index in [1.165, 1.54) is 0 Å². The third kappa shape index (κ3) is 5.75. The molecule has 2 N–H and O–H groups in total. The number of pyridine rings is 1. The van der Waals surface area contributed by atoms with E-state index in [1.54, 1.807) is 12.5 Å². The van der Waals surface area contributed by atoms with Gasteiger partial charge in [-0.25, -0.2) is 4.79 Å². The van der Waals surface area contributed by atoms with E-state index in [0.29, 0.717) is 26.2 Å². The van der Waals surface area contributed by atoms with Gasteiger partial charge in [0.15, 0.2) is 0 Å². The van der Waals surface area contributed by atoms with E-state index in [-0.39, 0.29) is 6.03 Å². The van der Waals surface area contributed by atoms with E-state index in [2.05, 4.69) is 15.6 Å². The Bertz CT molecular complexity index is 804. The number of nitrogens with zero attached hydrogens (tertiary/aromatic N) is 1. The van der Waals surface area contributed by atoms with Gasteiger partial charge in [0.25, 0.3) is 0 Å². The molecule has 0 aliphatic heterocycles. The lowest BCUT2D eigenvalue weighted by molar-refractivity contribution is 0.0930. The van der Waals surface area contributed by atoms with Crippen molar-refractivity contribution in [3.63, 3.8) is 0 Å². The van der Waals surface area contributed by atoms with Gasteiger partial charge in [-0.2, -0.15) is 0 Å². The lowest BCUT2D eigenvalue weighted by atomic mass is 10.2. The van der Waals surface area contributed by atoms with Crippen LogP contribution in [0.2, 0.25) is 0 Å². The van der Waals surface area contributed by atoms with Crippen LogP contribution in [-0.2, 0) is 24.4 Å². The van der Waals surface area contributed by atoms with Crippen LogP contribution in [0.3, 0.4) is 0 Å². The zero-order valence-electron chi connectivity index (χ0n) is 14.4. The molecule has 0 fully saturated rings. The van der Waals surface area contributed by atoms with Crippen LogP contribution < -0.4 is 10.6 Å². The first-order valence-corrected chi connectivity index (χ1v) is 8.43. The second-order valence-electron chi connectivity index (χ2n) is 5.72. The Hall–Kier alpha value is -3.12. The quantitative estimate of drug-likeness (QED) is 0.648. The van der Waals surface area contributed by atoms with Crippen molar-refractivity contribution >= 4 is 11.7 Å². The highest BCUT2D eigenvalue weighted by Crippen LogP contribution is 2.12. The second-order valence-corrected chi connectivity index (χ2v) is 5.72. The first-order chi connectivity index (χ1) is 12.8. The van der Waals surface area contributed by atoms with Gasteiger partial charge in [0.05, 0.1) is 12.9 Å².